The first kappa shape index (κ1) is 13.9. The van der Waals surface area contributed by atoms with Crippen molar-refractivity contribution in [2.75, 3.05) is 25.5 Å². The highest BCUT2D eigenvalue weighted by molar-refractivity contribution is 5.94. The number of likely N-dealkylation sites (tertiary alicyclic amines) is 1. The summed E-state index contributed by atoms with van der Waals surface area (Å²) >= 11 is 0. The Morgan fingerprint density at radius 3 is 2.76 bits per heavy atom. The zero-order valence-electron chi connectivity index (χ0n) is 12.3. The van der Waals surface area contributed by atoms with E-state index >= 15 is 0 Å². The van der Waals surface area contributed by atoms with Gasteiger partial charge in [0, 0.05) is 43.9 Å². The molecular formula is C16H21N3O2. The zero-order valence-corrected chi connectivity index (χ0v) is 12.3. The molecular weight excluding hydrogens is 266 g/mol. The van der Waals surface area contributed by atoms with Crippen LogP contribution in [0.3, 0.4) is 0 Å². The largest absolute Gasteiger partial charge is 0.388 e. The minimum absolute atomic E-state index is 0.0907. The number of benzene rings is 1. The maximum Gasteiger partial charge on any atom is 0.253 e. The van der Waals surface area contributed by atoms with Gasteiger partial charge in [-0.1, -0.05) is 0 Å². The first-order valence-electron chi connectivity index (χ1n) is 7.54. The van der Waals surface area contributed by atoms with Crippen LogP contribution in [0.5, 0.6) is 0 Å². The van der Waals surface area contributed by atoms with Crippen molar-refractivity contribution in [3.63, 3.8) is 0 Å². The number of rotatable bonds is 2. The van der Waals surface area contributed by atoms with Gasteiger partial charge in [-0.3, -0.25) is 9.59 Å². The molecule has 3 rings (SSSR count). The van der Waals surface area contributed by atoms with Crippen molar-refractivity contribution < 1.29 is 9.59 Å². The van der Waals surface area contributed by atoms with Crippen LogP contribution in [0, 0.1) is 5.92 Å². The van der Waals surface area contributed by atoms with Gasteiger partial charge in [-0.2, -0.15) is 0 Å². The third-order valence-electron chi connectivity index (χ3n) is 4.53. The smallest absolute Gasteiger partial charge is 0.253 e. The molecule has 0 bridgehead atoms. The van der Waals surface area contributed by atoms with Crippen LogP contribution in [0.1, 0.15) is 29.6 Å². The molecule has 0 aliphatic carbocycles. The zero-order chi connectivity index (χ0) is 14.8. The Morgan fingerprint density at radius 1 is 1.29 bits per heavy atom. The van der Waals surface area contributed by atoms with Gasteiger partial charge in [0.15, 0.2) is 0 Å². The molecule has 21 heavy (non-hydrogen) atoms. The number of amides is 2. The number of carbonyl (C=O) groups excluding carboxylic acids is 2. The number of anilines is 1. The van der Waals surface area contributed by atoms with E-state index in [1.54, 1.807) is 0 Å². The maximum atomic E-state index is 12.6. The number of nitrogens with zero attached hydrogens (tertiary/aromatic N) is 1. The summed E-state index contributed by atoms with van der Waals surface area (Å²) in [5.41, 5.74) is 1.73. The van der Waals surface area contributed by atoms with E-state index in [0.717, 1.165) is 30.6 Å². The van der Waals surface area contributed by atoms with Crippen molar-refractivity contribution >= 4 is 17.5 Å². The van der Waals surface area contributed by atoms with E-state index in [9.17, 15) is 9.59 Å². The average molecular weight is 287 g/mol. The van der Waals surface area contributed by atoms with E-state index in [0.29, 0.717) is 18.9 Å². The van der Waals surface area contributed by atoms with Crippen LogP contribution in [0.25, 0.3) is 0 Å². The molecule has 0 radical (unpaired) electrons. The van der Waals surface area contributed by atoms with Gasteiger partial charge < -0.3 is 15.5 Å². The highest BCUT2D eigenvalue weighted by atomic mass is 16.2. The fraction of sp³-hybridized carbons (Fsp3) is 0.500. The molecule has 2 aliphatic rings. The van der Waals surface area contributed by atoms with Crippen LogP contribution in [0.2, 0.25) is 0 Å². The van der Waals surface area contributed by atoms with Gasteiger partial charge in [-0.05, 0) is 43.0 Å². The summed E-state index contributed by atoms with van der Waals surface area (Å²) in [4.78, 5) is 25.9. The molecule has 2 unspecified atom stereocenters. The monoisotopic (exact) mass is 287 g/mol. The van der Waals surface area contributed by atoms with Crippen molar-refractivity contribution in [1.82, 2.24) is 10.2 Å². The third-order valence-corrected chi connectivity index (χ3v) is 4.53. The van der Waals surface area contributed by atoms with Crippen LogP contribution < -0.4 is 10.6 Å². The first-order chi connectivity index (χ1) is 10.2. The number of piperidine rings is 2. The van der Waals surface area contributed by atoms with Crippen molar-refractivity contribution in [1.29, 1.82) is 0 Å². The first-order valence-corrected chi connectivity index (χ1v) is 7.54. The second-order valence-corrected chi connectivity index (χ2v) is 5.84. The molecule has 0 aromatic heterocycles. The standard InChI is InChI=1S/C16H21N3O2/c1-17-13-5-2-11(3-6-13)16(21)19-9-8-14-12(10-19)4-7-15(20)18-14/h2-3,5-6,12,14,17H,4,7-10H2,1H3,(H,18,20). The Bertz CT molecular complexity index is 541. The Kier molecular flexibility index (Phi) is 3.82. The topological polar surface area (TPSA) is 61.4 Å². The Labute approximate surface area is 124 Å². The summed E-state index contributed by atoms with van der Waals surface area (Å²) in [7, 11) is 1.86. The molecule has 5 nitrogen and oxygen atoms in total. The molecule has 2 amide bonds. The second-order valence-electron chi connectivity index (χ2n) is 5.84. The lowest BCUT2D eigenvalue weighted by Gasteiger charge is -2.41. The third kappa shape index (κ3) is 2.86. The Balaban J connectivity index is 1.67. The summed E-state index contributed by atoms with van der Waals surface area (Å²) in [5, 5.41) is 6.10. The molecule has 0 spiro atoms. The van der Waals surface area contributed by atoms with Gasteiger partial charge in [0.2, 0.25) is 5.91 Å². The second kappa shape index (κ2) is 5.76. The van der Waals surface area contributed by atoms with E-state index in [-0.39, 0.29) is 17.9 Å². The lowest BCUT2D eigenvalue weighted by Crippen LogP contribution is -2.55. The van der Waals surface area contributed by atoms with Gasteiger partial charge in [0.05, 0.1) is 0 Å². The molecule has 2 fully saturated rings. The van der Waals surface area contributed by atoms with E-state index in [1.165, 1.54) is 0 Å². The lowest BCUT2D eigenvalue weighted by atomic mass is 9.85. The molecule has 2 N–H and O–H groups in total. The predicted octanol–water partition coefficient (Wildman–Crippen LogP) is 1.47. The van der Waals surface area contributed by atoms with Crippen molar-refractivity contribution in [2.45, 2.75) is 25.3 Å². The molecule has 2 aliphatic heterocycles. The molecule has 2 atom stereocenters. The van der Waals surface area contributed by atoms with Crippen LogP contribution in [0.4, 0.5) is 5.69 Å². The van der Waals surface area contributed by atoms with Crippen LogP contribution in [-0.2, 0) is 4.79 Å². The summed E-state index contributed by atoms with van der Waals surface area (Å²) in [6.45, 7) is 1.46. The molecule has 0 saturated carbocycles. The maximum absolute atomic E-state index is 12.6. The molecule has 112 valence electrons. The summed E-state index contributed by atoms with van der Waals surface area (Å²) in [5.74, 6) is 0.642. The SMILES string of the molecule is CNc1ccc(C(=O)N2CCC3NC(=O)CCC3C2)cc1. The summed E-state index contributed by atoms with van der Waals surface area (Å²) in [6, 6.07) is 7.81. The summed E-state index contributed by atoms with van der Waals surface area (Å²) in [6.07, 6.45) is 2.33. The molecule has 2 saturated heterocycles. The molecule has 2 heterocycles. The van der Waals surface area contributed by atoms with Gasteiger partial charge in [0.1, 0.15) is 0 Å². The quantitative estimate of drug-likeness (QED) is 0.866. The Morgan fingerprint density at radius 2 is 2.05 bits per heavy atom. The fourth-order valence-corrected chi connectivity index (χ4v) is 3.26. The minimum Gasteiger partial charge on any atom is -0.388 e. The number of nitrogens with one attached hydrogen (secondary N) is 2. The summed E-state index contributed by atoms with van der Waals surface area (Å²) < 4.78 is 0. The van der Waals surface area contributed by atoms with E-state index in [4.69, 9.17) is 0 Å². The van der Waals surface area contributed by atoms with Gasteiger partial charge in [0.25, 0.3) is 5.91 Å². The molecule has 1 aromatic rings. The van der Waals surface area contributed by atoms with Gasteiger partial charge >= 0.3 is 0 Å². The highest BCUT2D eigenvalue weighted by Gasteiger charge is 2.35. The molecule has 5 heteroatoms. The molecule has 1 aromatic carbocycles. The lowest BCUT2D eigenvalue weighted by molar-refractivity contribution is -0.125. The van der Waals surface area contributed by atoms with Crippen molar-refractivity contribution in [3.05, 3.63) is 29.8 Å². The van der Waals surface area contributed by atoms with E-state index in [1.807, 2.05) is 36.2 Å². The van der Waals surface area contributed by atoms with Gasteiger partial charge in [-0.15, -0.1) is 0 Å². The minimum atomic E-state index is 0.0907. The van der Waals surface area contributed by atoms with Crippen LogP contribution in [0.15, 0.2) is 24.3 Å². The normalized spacial score (nSPS) is 25.0. The van der Waals surface area contributed by atoms with Gasteiger partial charge in [-0.25, -0.2) is 0 Å². The van der Waals surface area contributed by atoms with Crippen LogP contribution >= 0.6 is 0 Å². The average Bonchev–Trinajstić information content (AvgIpc) is 2.53. The number of carbonyl (C=O) groups is 2. The van der Waals surface area contributed by atoms with Crippen LogP contribution in [-0.4, -0.2) is 42.9 Å². The fourth-order valence-electron chi connectivity index (χ4n) is 3.26. The van der Waals surface area contributed by atoms with Crippen molar-refractivity contribution in [2.24, 2.45) is 5.92 Å². The number of hydrogen-bond acceptors (Lipinski definition) is 3. The Hall–Kier alpha value is -2.04. The van der Waals surface area contributed by atoms with E-state index in [2.05, 4.69) is 10.6 Å². The van der Waals surface area contributed by atoms with E-state index < -0.39 is 0 Å². The highest BCUT2D eigenvalue weighted by Crippen LogP contribution is 2.26. The number of hydrogen-bond donors (Lipinski definition) is 2. The van der Waals surface area contributed by atoms with Crippen molar-refractivity contribution in [3.8, 4) is 0 Å². The predicted molar refractivity (Wildman–Crippen MR) is 81.2 cm³/mol. The number of fused-ring (bicyclic) bond motifs is 1.